The zero-order valence-electron chi connectivity index (χ0n) is 15.5. The van der Waals surface area contributed by atoms with Crippen LogP contribution in [0.1, 0.15) is 36.7 Å². The van der Waals surface area contributed by atoms with E-state index in [9.17, 15) is 18.8 Å². The number of amides is 3. The van der Waals surface area contributed by atoms with Crippen LogP contribution in [-0.4, -0.2) is 29.2 Å². The normalized spacial score (nSPS) is 10.2. The summed E-state index contributed by atoms with van der Waals surface area (Å²) in [5.74, 6) is -1.24. The van der Waals surface area contributed by atoms with Crippen LogP contribution in [-0.2, 0) is 16.1 Å². The fourth-order valence-electron chi connectivity index (χ4n) is 2.67. The average Bonchev–Trinajstić information content (AvgIpc) is 2.57. The number of hydrogen-bond donors (Lipinski definition) is 2. The maximum absolute atomic E-state index is 13.4. The van der Waals surface area contributed by atoms with Gasteiger partial charge in [0, 0.05) is 43.9 Å². The molecular weight excluding hydrogens is 349 g/mol. The second-order valence-electron chi connectivity index (χ2n) is 6.11. The van der Waals surface area contributed by atoms with Gasteiger partial charge in [0.2, 0.25) is 11.8 Å². The largest absolute Gasteiger partial charge is 0.335 e. The number of carbonyl (C=O) groups is 3. The van der Waals surface area contributed by atoms with Crippen LogP contribution in [0.3, 0.4) is 0 Å². The quantitative estimate of drug-likeness (QED) is 0.817. The van der Waals surface area contributed by atoms with Crippen LogP contribution in [0.4, 0.5) is 15.8 Å². The van der Waals surface area contributed by atoms with Crippen molar-refractivity contribution in [1.29, 1.82) is 0 Å². The fourth-order valence-corrected chi connectivity index (χ4v) is 2.67. The van der Waals surface area contributed by atoms with Crippen LogP contribution in [0.5, 0.6) is 0 Å². The molecular formula is C20H22FN3O3. The average molecular weight is 371 g/mol. The molecule has 0 aliphatic heterocycles. The molecule has 0 radical (unpaired) electrons. The lowest BCUT2D eigenvalue weighted by atomic mass is 10.1. The molecule has 2 N–H and O–H groups in total. The predicted molar refractivity (Wildman–Crippen MR) is 102 cm³/mol. The molecule has 142 valence electrons. The van der Waals surface area contributed by atoms with Gasteiger partial charge in [-0.25, -0.2) is 4.39 Å². The molecule has 2 aromatic carbocycles. The van der Waals surface area contributed by atoms with Crippen molar-refractivity contribution in [2.75, 3.05) is 17.2 Å². The summed E-state index contributed by atoms with van der Waals surface area (Å²) in [6.45, 7) is 5.19. The lowest BCUT2D eigenvalue weighted by molar-refractivity contribution is -0.115. The van der Waals surface area contributed by atoms with Gasteiger partial charge in [-0.05, 0) is 42.8 Å². The Bertz CT molecular complexity index is 833. The van der Waals surface area contributed by atoms with E-state index in [2.05, 4.69) is 10.6 Å². The molecule has 3 amide bonds. The van der Waals surface area contributed by atoms with Crippen molar-refractivity contribution >= 4 is 29.1 Å². The number of anilines is 2. The molecule has 0 heterocycles. The monoisotopic (exact) mass is 371 g/mol. The van der Waals surface area contributed by atoms with Crippen molar-refractivity contribution < 1.29 is 18.8 Å². The van der Waals surface area contributed by atoms with Crippen molar-refractivity contribution in [1.82, 2.24) is 4.90 Å². The van der Waals surface area contributed by atoms with E-state index < -0.39 is 0 Å². The van der Waals surface area contributed by atoms with E-state index in [4.69, 9.17) is 0 Å². The Morgan fingerprint density at radius 1 is 0.963 bits per heavy atom. The van der Waals surface area contributed by atoms with Crippen LogP contribution < -0.4 is 10.6 Å². The van der Waals surface area contributed by atoms with E-state index in [1.165, 1.54) is 26.0 Å². The highest BCUT2D eigenvalue weighted by atomic mass is 19.1. The SMILES string of the molecule is CCN(Cc1cccc(F)c1)C(=O)c1cc(NC(C)=O)cc(NC(C)=O)c1. The highest BCUT2D eigenvalue weighted by Gasteiger charge is 2.17. The Labute approximate surface area is 157 Å². The third-order valence-corrected chi connectivity index (χ3v) is 3.75. The van der Waals surface area contributed by atoms with Gasteiger partial charge in [0.15, 0.2) is 0 Å². The molecule has 0 saturated heterocycles. The zero-order chi connectivity index (χ0) is 20.0. The zero-order valence-corrected chi connectivity index (χ0v) is 15.5. The number of nitrogens with one attached hydrogen (secondary N) is 2. The summed E-state index contributed by atoms with van der Waals surface area (Å²) in [4.78, 5) is 37.2. The summed E-state index contributed by atoms with van der Waals surface area (Å²) in [5, 5.41) is 5.23. The second-order valence-corrected chi connectivity index (χ2v) is 6.11. The van der Waals surface area contributed by atoms with Gasteiger partial charge in [-0.2, -0.15) is 0 Å². The molecule has 0 unspecified atom stereocenters. The first-order valence-electron chi connectivity index (χ1n) is 8.52. The van der Waals surface area contributed by atoms with E-state index in [1.807, 2.05) is 6.92 Å². The Kier molecular flexibility index (Phi) is 6.65. The van der Waals surface area contributed by atoms with Crippen LogP contribution in [0, 0.1) is 5.82 Å². The van der Waals surface area contributed by atoms with Gasteiger partial charge in [-0.1, -0.05) is 12.1 Å². The lowest BCUT2D eigenvalue weighted by Gasteiger charge is -2.22. The summed E-state index contributed by atoms with van der Waals surface area (Å²) < 4.78 is 13.4. The number of halogens is 1. The third kappa shape index (κ3) is 5.91. The number of hydrogen-bond acceptors (Lipinski definition) is 3. The Morgan fingerprint density at radius 3 is 2.04 bits per heavy atom. The standard InChI is InChI=1S/C20H22FN3O3/c1-4-24(12-15-6-5-7-17(21)8-15)20(27)16-9-18(22-13(2)25)11-19(10-16)23-14(3)26/h5-11H,4,12H2,1-3H3,(H,22,25)(H,23,26). The third-order valence-electron chi connectivity index (χ3n) is 3.75. The van der Waals surface area contributed by atoms with Crippen LogP contribution >= 0.6 is 0 Å². The van der Waals surface area contributed by atoms with E-state index in [1.54, 1.807) is 35.2 Å². The first-order chi connectivity index (χ1) is 12.8. The first-order valence-corrected chi connectivity index (χ1v) is 8.52. The van der Waals surface area contributed by atoms with Gasteiger partial charge >= 0.3 is 0 Å². The summed E-state index contributed by atoms with van der Waals surface area (Å²) in [6, 6.07) is 10.7. The van der Waals surface area contributed by atoms with Crippen molar-refractivity contribution in [2.45, 2.75) is 27.3 Å². The Hall–Kier alpha value is -3.22. The van der Waals surface area contributed by atoms with Gasteiger partial charge < -0.3 is 15.5 Å². The molecule has 0 aromatic heterocycles. The number of benzene rings is 2. The minimum Gasteiger partial charge on any atom is -0.335 e. The van der Waals surface area contributed by atoms with E-state index in [0.717, 1.165) is 0 Å². The topological polar surface area (TPSA) is 78.5 Å². The highest BCUT2D eigenvalue weighted by Crippen LogP contribution is 2.21. The summed E-state index contributed by atoms with van der Waals surface area (Å²) >= 11 is 0. The maximum atomic E-state index is 13.4. The van der Waals surface area contributed by atoms with Crippen LogP contribution in [0.25, 0.3) is 0 Å². The van der Waals surface area contributed by atoms with E-state index in [0.29, 0.717) is 29.0 Å². The minimum atomic E-state index is -0.364. The molecule has 0 aliphatic carbocycles. The molecule has 0 saturated carbocycles. The number of carbonyl (C=O) groups excluding carboxylic acids is 3. The molecule has 7 heteroatoms. The summed E-state index contributed by atoms with van der Waals surface area (Å²) in [5.41, 5.74) is 1.78. The van der Waals surface area contributed by atoms with Crippen LogP contribution in [0.15, 0.2) is 42.5 Å². The molecule has 2 aromatic rings. The molecule has 0 aliphatic rings. The number of rotatable bonds is 6. The first kappa shape index (κ1) is 20.1. The molecule has 0 spiro atoms. The molecule has 2 rings (SSSR count). The Morgan fingerprint density at radius 2 is 1.56 bits per heavy atom. The van der Waals surface area contributed by atoms with Gasteiger partial charge in [-0.3, -0.25) is 14.4 Å². The smallest absolute Gasteiger partial charge is 0.254 e. The van der Waals surface area contributed by atoms with E-state index in [-0.39, 0.29) is 30.1 Å². The van der Waals surface area contributed by atoms with Crippen molar-refractivity contribution in [3.8, 4) is 0 Å². The molecule has 0 bridgehead atoms. The lowest BCUT2D eigenvalue weighted by Crippen LogP contribution is -2.30. The van der Waals surface area contributed by atoms with Gasteiger partial charge in [0.05, 0.1) is 0 Å². The second kappa shape index (κ2) is 8.93. The molecule has 0 fully saturated rings. The minimum absolute atomic E-state index is 0.243. The van der Waals surface area contributed by atoms with Gasteiger partial charge in [0.25, 0.3) is 5.91 Å². The number of nitrogens with zero attached hydrogens (tertiary/aromatic N) is 1. The Balaban J connectivity index is 2.33. The highest BCUT2D eigenvalue weighted by molar-refractivity contribution is 5.99. The predicted octanol–water partition coefficient (Wildman–Crippen LogP) is 3.40. The van der Waals surface area contributed by atoms with Crippen molar-refractivity contribution in [2.24, 2.45) is 0 Å². The summed E-state index contributed by atoms with van der Waals surface area (Å²) in [7, 11) is 0. The molecule has 27 heavy (non-hydrogen) atoms. The van der Waals surface area contributed by atoms with Gasteiger partial charge in [-0.15, -0.1) is 0 Å². The fraction of sp³-hybridized carbons (Fsp3) is 0.250. The van der Waals surface area contributed by atoms with Crippen LogP contribution in [0.2, 0.25) is 0 Å². The van der Waals surface area contributed by atoms with Crippen molar-refractivity contribution in [3.63, 3.8) is 0 Å². The van der Waals surface area contributed by atoms with E-state index >= 15 is 0 Å². The molecule has 6 nitrogen and oxygen atoms in total. The van der Waals surface area contributed by atoms with Gasteiger partial charge in [0.1, 0.15) is 5.82 Å². The van der Waals surface area contributed by atoms with Crippen molar-refractivity contribution in [3.05, 3.63) is 59.4 Å². The summed E-state index contributed by atoms with van der Waals surface area (Å²) in [6.07, 6.45) is 0. The molecule has 0 atom stereocenters. The maximum Gasteiger partial charge on any atom is 0.254 e.